The Morgan fingerprint density at radius 2 is 2.45 bits per heavy atom. The quantitative estimate of drug-likeness (QED) is 0.599. The number of likely N-dealkylation sites (tertiary alicyclic amines) is 1. The molecule has 11 heavy (non-hydrogen) atoms. The maximum absolute atomic E-state index is 12.7. The Morgan fingerprint density at radius 3 is 2.91 bits per heavy atom. The molecule has 0 aromatic rings. The van der Waals surface area contributed by atoms with E-state index in [1.54, 1.807) is 7.05 Å². The highest BCUT2D eigenvalue weighted by molar-refractivity contribution is 4.82. The Morgan fingerprint density at radius 1 is 1.73 bits per heavy atom. The van der Waals surface area contributed by atoms with Crippen LogP contribution in [0.4, 0.5) is 4.39 Å². The molecule has 1 aliphatic heterocycles. The van der Waals surface area contributed by atoms with Gasteiger partial charge in [0.25, 0.3) is 0 Å². The summed E-state index contributed by atoms with van der Waals surface area (Å²) in [6, 6.07) is 0.234. The number of nitrogens with one attached hydrogen (secondary N) is 1. The van der Waals surface area contributed by atoms with Crippen molar-refractivity contribution in [2.24, 2.45) is 0 Å². The van der Waals surface area contributed by atoms with Crippen LogP contribution < -0.4 is 5.48 Å². The second kappa shape index (κ2) is 3.99. The van der Waals surface area contributed by atoms with E-state index in [-0.39, 0.29) is 6.04 Å². The van der Waals surface area contributed by atoms with E-state index in [0.29, 0.717) is 19.6 Å². The Bertz CT molecular complexity index is 123. The van der Waals surface area contributed by atoms with E-state index in [2.05, 4.69) is 5.48 Å². The number of rotatable bonds is 3. The van der Waals surface area contributed by atoms with E-state index in [1.165, 1.54) is 0 Å². The molecule has 4 heteroatoms. The van der Waals surface area contributed by atoms with Crippen molar-refractivity contribution in [1.82, 2.24) is 10.4 Å². The van der Waals surface area contributed by atoms with Gasteiger partial charge >= 0.3 is 0 Å². The SMILES string of the molecule is CNOCC1CC(F)CN1C. The zero-order valence-electron chi connectivity index (χ0n) is 7.01. The van der Waals surface area contributed by atoms with Crippen LogP contribution >= 0.6 is 0 Å². The molecule has 2 atom stereocenters. The first-order valence-electron chi connectivity index (χ1n) is 3.87. The molecule has 0 saturated carbocycles. The zero-order valence-corrected chi connectivity index (χ0v) is 7.01. The minimum Gasteiger partial charge on any atom is -0.300 e. The minimum atomic E-state index is -0.676. The van der Waals surface area contributed by atoms with Crippen molar-refractivity contribution < 1.29 is 9.23 Å². The third-order valence-electron chi connectivity index (χ3n) is 2.06. The lowest BCUT2D eigenvalue weighted by Crippen LogP contribution is -2.31. The molecule has 66 valence electrons. The average Bonchev–Trinajstić information content (AvgIpc) is 2.26. The zero-order chi connectivity index (χ0) is 8.27. The topological polar surface area (TPSA) is 24.5 Å². The van der Waals surface area contributed by atoms with Gasteiger partial charge in [0.15, 0.2) is 0 Å². The number of nitrogens with zero attached hydrogens (tertiary/aromatic N) is 1. The third-order valence-corrected chi connectivity index (χ3v) is 2.06. The Labute approximate surface area is 66.5 Å². The van der Waals surface area contributed by atoms with Crippen molar-refractivity contribution in [1.29, 1.82) is 0 Å². The molecule has 1 fully saturated rings. The molecule has 0 aromatic heterocycles. The lowest BCUT2D eigenvalue weighted by molar-refractivity contribution is 0.0250. The standard InChI is InChI=1S/C7H15FN2O/c1-9-11-5-7-3-6(8)4-10(7)2/h6-7,9H,3-5H2,1-2H3. The van der Waals surface area contributed by atoms with Crippen molar-refractivity contribution in [3.8, 4) is 0 Å². The van der Waals surface area contributed by atoms with E-state index in [0.717, 1.165) is 0 Å². The smallest absolute Gasteiger partial charge is 0.114 e. The predicted molar refractivity (Wildman–Crippen MR) is 40.9 cm³/mol. The fourth-order valence-corrected chi connectivity index (χ4v) is 1.39. The van der Waals surface area contributed by atoms with Gasteiger partial charge in [-0.05, 0) is 13.5 Å². The second-order valence-corrected chi connectivity index (χ2v) is 2.94. The van der Waals surface area contributed by atoms with E-state index >= 15 is 0 Å². The molecule has 3 nitrogen and oxygen atoms in total. The van der Waals surface area contributed by atoms with Crippen molar-refractivity contribution in [3.63, 3.8) is 0 Å². The number of hydrogen-bond donors (Lipinski definition) is 1. The average molecular weight is 162 g/mol. The third kappa shape index (κ3) is 2.39. The number of halogens is 1. The van der Waals surface area contributed by atoms with Crippen LogP contribution in [0.2, 0.25) is 0 Å². The summed E-state index contributed by atoms with van der Waals surface area (Å²) < 4.78 is 12.7. The number of alkyl halides is 1. The number of hydrogen-bond acceptors (Lipinski definition) is 3. The van der Waals surface area contributed by atoms with Gasteiger partial charge in [0.2, 0.25) is 0 Å². The van der Waals surface area contributed by atoms with Crippen molar-refractivity contribution in [2.75, 3.05) is 27.2 Å². The van der Waals surface area contributed by atoms with E-state index < -0.39 is 6.17 Å². The highest BCUT2D eigenvalue weighted by atomic mass is 19.1. The molecule has 0 aromatic carbocycles. The van der Waals surface area contributed by atoms with Crippen molar-refractivity contribution in [3.05, 3.63) is 0 Å². The lowest BCUT2D eigenvalue weighted by atomic mass is 10.2. The summed E-state index contributed by atoms with van der Waals surface area (Å²) in [5.74, 6) is 0. The Hall–Kier alpha value is -0.190. The van der Waals surface area contributed by atoms with Crippen LogP contribution in [0.25, 0.3) is 0 Å². The van der Waals surface area contributed by atoms with Gasteiger partial charge in [-0.15, -0.1) is 0 Å². The van der Waals surface area contributed by atoms with Gasteiger partial charge in [0, 0.05) is 19.6 Å². The molecule has 0 radical (unpaired) electrons. The minimum absolute atomic E-state index is 0.234. The molecule has 2 unspecified atom stereocenters. The van der Waals surface area contributed by atoms with Crippen LogP contribution in [0.15, 0.2) is 0 Å². The normalized spacial score (nSPS) is 33.0. The summed E-state index contributed by atoms with van der Waals surface area (Å²) in [6.07, 6.45) is -0.0801. The number of hydroxylamine groups is 1. The summed E-state index contributed by atoms with van der Waals surface area (Å²) in [5, 5.41) is 0. The fourth-order valence-electron chi connectivity index (χ4n) is 1.39. The van der Waals surface area contributed by atoms with Crippen molar-refractivity contribution in [2.45, 2.75) is 18.6 Å². The van der Waals surface area contributed by atoms with Crippen LogP contribution in [0, 0.1) is 0 Å². The highest BCUT2D eigenvalue weighted by Crippen LogP contribution is 2.17. The van der Waals surface area contributed by atoms with Gasteiger partial charge < -0.3 is 4.84 Å². The highest BCUT2D eigenvalue weighted by Gasteiger charge is 2.29. The summed E-state index contributed by atoms with van der Waals surface area (Å²) in [4.78, 5) is 6.97. The van der Waals surface area contributed by atoms with Gasteiger partial charge in [-0.25, -0.2) is 9.87 Å². The monoisotopic (exact) mass is 162 g/mol. The maximum atomic E-state index is 12.7. The molecule has 1 saturated heterocycles. The molecular formula is C7H15FN2O. The molecule has 0 spiro atoms. The van der Waals surface area contributed by atoms with Gasteiger partial charge in [-0.3, -0.25) is 4.90 Å². The maximum Gasteiger partial charge on any atom is 0.114 e. The van der Waals surface area contributed by atoms with Crippen LogP contribution in [0.3, 0.4) is 0 Å². The van der Waals surface area contributed by atoms with E-state index in [9.17, 15) is 4.39 Å². The van der Waals surface area contributed by atoms with Crippen LogP contribution in [-0.2, 0) is 4.84 Å². The summed E-state index contributed by atoms with van der Waals surface area (Å²) >= 11 is 0. The summed E-state index contributed by atoms with van der Waals surface area (Å²) in [7, 11) is 3.63. The molecule has 1 heterocycles. The van der Waals surface area contributed by atoms with Crippen molar-refractivity contribution >= 4 is 0 Å². The first kappa shape index (κ1) is 8.90. The summed E-state index contributed by atoms with van der Waals surface area (Å²) in [6.45, 7) is 1.10. The summed E-state index contributed by atoms with van der Waals surface area (Å²) in [5.41, 5.74) is 2.58. The Kier molecular flexibility index (Phi) is 3.23. The van der Waals surface area contributed by atoms with Gasteiger partial charge in [0.05, 0.1) is 6.61 Å². The molecule has 1 rings (SSSR count). The number of likely N-dealkylation sites (N-methyl/N-ethyl adjacent to an activating group) is 1. The van der Waals surface area contributed by atoms with Gasteiger partial charge in [-0.2, -0.15) is 0 Å². The molecule has 1 N–H and O–H groups in total. The fraction of sp³-hybridized carbons (Fsp3) is 1.00. The van der Waals surface area contributed by atoms with Crippen LogP contribution in [0.1, 0.15) is 6.42 Å². The molecule has 1 aliphatic rings. The van der Waals surface area contributed by atoms with Gasteiger partial charge in [-0.1, -0.05) is 0 Å². The molecule has 0 amide bonds. The first-order valence-corrected chi connectivity index (χ1v) is 3.87. The lowest BCUT2D eigenvalue weighted by Gasteiger charge is -2.17. The van der Waals surface area contributed by atoms with Gasteiger partial charge in [0.1, 0.15) is 6.17 Å². The molecule has 0 aliphatic carbocycles. The second-order valence-electron chi connectivity index (χ2n) is 2.94. The largest absolute Gasteiger partial charge is 0.300 e. The van der Waals surface area contributed by atoms with E-state index in [1.807, 2.05) is 11.9 Å². The first-order chi connectivity index (χ1) is 5.24. The molecular weight excluding hydrogens is 147 g/mol. The Balaban J connectivity index is 2.23. The van der Waals surface area contributed by atoms with Crippen LogP contribution in [-0.4, -0.2) is 44.4 Å². The predicted octanol–water partition coefficient (Wildman–Crippen LogP) is 0.180. The molecule has 0 bridgehead atoms. The van der Waals surface area contributed by atoms with E-state index in [4.69, 9.17) is 4.84 Å². The van der Waals surface area contributed by atoms with Crippen LogP contribution in [0.5, 0.6) is 0 Å².